The van der Waals surface area contributed by atoms with Crippen LogP contribution in [-0.4, -0.2) is 27.1 Å². The van der Waals surface area contributed by atoms with Crippen molar-refractivity contribution in [3.05, 3.63) is 22.3 Å². The van der Waals surface area contributed by atoms with Gasteiger partial charge in [-0.1, -0.05) is 58.8 Å². The maximum Gasteiger partial charge on any atom is 0.185 e. The van der Waals surface area contributed by atoms with E-state index in [0.29, 0.717) is 41.1 Å². The first-order valence-electron chi connectivity index (χ1n) is 13.0. The summed E-state index contributed by atoms with van der Waals surface area (Å²) in [5, 5.41) is 9.83. The number of halogens is 1. The van der Waals surface area contributed by atoms with E-state index in [1.54, 1.807) is 20.8 Å². The Bertz CT molecular complexity index is 736. The molecule has 0 aromatic carbocycles. The second-order valence-electron chi connectivity index (χ2n) is 11.7. The van der Waals surface area contributed by atoms with Crippen LogP contribution in [0.4, 0.5) is 0 Å². The third-order valence-electron chi connectivity index (χ3n) is 7.48. The molecular weight excluding hydrogens is 432 g/mol. The summed E-state index contributed by atoms with van der Waals surface area (Å²) in [5.74, 6) is 1.43. The molecule has 3 unspecified atom stereocenters. The number of rotatable bonds is 15. The molecule has 1 aliphatic carbocycles. The fourth-order valence-electron chi connectivity index (χ4n) is 4.77. The summed E-state index contributed by atoms with van der Waals surface area (Å²) in [7, 11) is 0. The number of carbonyl (C=O) groups excluding carboxylic acids is 2. The van der Waals surface area contributed by atoms with Crippen LogP contribution in [0.2, 0.25) is 0 Å². The zero-order valence-electron chi connectivity index (χ0n) is 22.6. The molecular formula is C29H49ClO3. The summed E-state index contributed by atoms with van der Waals surface area (Å²) in [6.07, 6.45) is 11.4. The zero-order chi connectivity index (χ0) is 25.4. The van der Waals surface area contributed by atoms with Crippen molar-refractivity contribution in [1.82, 2.24) is 0 Å². The average Bonchev–Trinajstić information content (AvgIpc) is 2.69. The van der Waals surface area contributed by atoms with E-state index in [4.69, 9.17) is 11.6 Å². The molecule has 1 N–H and O–H groups in total. The Hall–Kier alpha value is -0.930. The Morgan fingerprint density at radius 1 is 0.727 bits per heavy atom. The van der Waals surface area contributed by atoms with Gasteiger partial charge in [0.2, 0.25) is 0 Å². The van der Waals surface area contributed by atoms with Crippen molar-refractivity contribution >= 4 is 23.2 Å². The van der Waals surface area contributed by atoms with Crippen molar-refractivity contribution in [1.29, 1.82) is 0 Å². The van der Waals surface area contributed by atoms with Crippen LogP contribution in [0, 0.1) is 11.8 Å². The lowest BCUT2D eigenvalue weighted by atomic mass is 9.82. The van der Waals surface area contributed by atoms with Gasteiger partial charge in [-0.25, -0.2) is 0 Å². The molecule has 3 nitrogen and oxygen atoms in total. The molecule has 0 saturated heterocycles. The summed E-state index contributed by atoms with van der Waals surface area (Å²) in [4.78, 5) is 24.7. The quantitative estimate of drug-likeness (QED) is 0.190. The van der Waals surface area contributed by atoms with Crippen LogP contribution in [0.15, 0.2) is 22.3 Å². The fourth-order valence-corrected chi connectivity index (χ4v) is 5.00. The summed E-state index contributed by atoms with van der Waals surface area (Å²) in [6.45, 7) is 15.8. The summed E-state index contributed by atoms with van der Waals surface area (Å²) >= 11 is 6.81. The lowest BCUT2D eigenvalue weighted by molar-refractivity contribution is -0.116. The Morgan fingerprint density at radius 3 is 1.70 bits per heavy atom. The molecule has 0 heterocycles. The van der Waals surface area contributed by atoms with E-state index in [0.717, 1.165) is 31.6 Å². The number of alkyl halides is 1. The third-order valence-corrected chi connectivity index (χ3v) is 7.86. The molecule has 3 atom stereocenters. The van der Waals surface area contributed by atoms with Crippen LogP contribution in [0.5, 0.6) is 0 Å². The standard InChI is InChI=1S/C29H49ClO3/c1-20(14-10-17-28(6,7)33)12-9-13-21(2)15-11-18-29(8,30)19-16-25-24(5)26(31)22(3)23(4)27(25)32/h20-21,33H,9-19H2,1-8H3. The number of Topliss-reactive ketones (excluding diaryl/α,β-unsaturated/α-hetero) is 2. The van der Waals surface area contributed by atoms with Crippen molar-refractivity contribution in [2.75, 3.05) is 0 Å². The second-order valence-corrected chi connectivity index (χ2v) is 12.6. The lowest BCUT2D eigenvalue weighted by Gasteiger charge is -2.25. The molecule has 33 heavy (non-hydrogen) atoms. The minimum absolute atomic E-state index is 0.00115. The monoisotopic (exact) mass is 480 g/mol. The molecule has 0 saturated carbocycles. The smallest absolute Gasteiger partial charge is 0.185 e. The van der Waals surface area contributed by atoms with E-state index in [9.17, 15) is 14.7 Å². The van der Waals surface area contributed by atoms with Crippen LogP contribution in [0.25, 0.3) is 0 Å². The highest BCUT2D eigenvalue weighted by atomic mass is 35.5. The molecule has 0 amide bonds. The zero-order valence-corrected chi connectivity index (χ0v) is 23.3. The highest BCUT2D eigenvalue weighted by molar-refractivity contribution is 6.25. The van der Waals surface area contributed by atoms with E-state index >= 15 is 0 Å². The molecule has 0 aromatic rings. The van der Waals surface area contributed by atoms with Crippen molar-refractivity contribution in [3.8, 4) is 0 Å². The Balaban J connectivity index is 2.31. The van der Waals surface area contributed by atoms with Crippen LogP contribution in [0.3, 0.4) is 0 Å². The summed E-state index contributed by atoms with van der Waals surface area (Å²) in [5.41, 5.74) is 1.86. The van der Waals surface area contributed by atoms with Crippen molar-refractivity contribution in [2.24, 2.45) is 11.8 Å². The van der Waals surface area contributed by atoms with Crippen molar-refractivity contribution in [2.45, 2.75) is 136 Å². The first kappa shape index (κ1) is 30.1. The molecule has 1 aliphatic rings. The topological polar surface area (TPSA) is 54.4 Å². The molecule has 0 bridgehead atoms. The van der Waals surface area contributed by atoms with Crippen LogP contribution in [-0.2, 0) is 9.59 Å². The number of hydrogen-bond donors (Lipinski definition) is 1. The van der Waals surface area contributed by atoms with Gasteiger partial charge in [0.05, 0.1) is 5.60 Å². The Morgan fingerprint density at radius 2 is 1.18 bits per heavy atom. The van der Waals surface area contributed by atoms with Gasteiger partial charge in [-0.3, -0.25) is 9.59 Å². The Labute approximate surface area is 208 Å². The fraction of sp³-hybridized carbons (Fsp3) is 0.793. The van der Waals surface area contributed by atoms with Gasteiger partial charge in [-0.2, -0.15) is 0 Å². The number of carbonyl (C=O) groups is 2. The normalized spacial score (nSPS) is 19.2. The summed E-state index contributed by atoms with van der Waals surface area (Å²) in [6, 6.07) is 0. The Kier molecular flexibility index (Phi) is 12.1. The minimum atomic E-state index is -0.542. The molecule has 0 aliphatic heterocycles. The number of allylic oxidation sites excluding steroid dienone is 4. The highest BCUT2D eigenvalue weighted by Crippen LogP contribution is 2.34. The predicted octanol–water partition coefficient (Wildman–Crippen LogP) is 8.12. The van der Waals surface area contributed by atoms with Gasteiger partial charge < -0.3 is 5.11 Å². The third kappa shape index (κ3) is 10.9. The number of aliphatic hydroxyl groups is 1. The second kappa shape index (κ2) is 13.2. The van der Waals surface area contributed by atoms with E-state index in [-0.39, 0.29) is 16.4 Å². The minimum Gasteiger partial charge on any atom is -0.390 e. The van der Waals surface area contributed by atoms with Gasteiger partial charge >= 0.3 is 0 Å². The summed E-state index contributed by atoms with van der Waals surface area (Å²) < 4.78 is 0. The molecule has 0 spiro atoms. The van der Waals surface area contributed by atoms with Gasteiger partial charge in [0.25, 0.3) is 0 Å². The van der Waals surface area contributed by atoms with Crippen LogP contribution in [0.1, 0.15) is 126 Å². The molecule has 190 valence electrons. The predicted molar refractivity (Wildman–Crippen MR) is 141 cm³/mol. The molecule has 0 radical (unpaired) electrons. The van der Waals surface area contributed by atoms with Gasteiger partial charge in [0.15, 0.2) is 11.6 Å². The first-order chi connectivity index (χ1) is 15.1. The van der Waals surface area contributed by atoms with Gasteiger partial charge in [0, 0.05) is 27.2 Å². The lowest BCUT2D eigenvalue weighted by Crippen LogP contribution is -2.23. The molecule has 4 heteroatoms. The van der Waals surface area contributed by atoms with Gasteiger partial charge in [-0.05, 0) is 79.1 Å². The number of hydrogen-bond acceptors (Lipinski definition) is 3. The molecule has 0 aromatic heterocycles. The SMILES string of the molecule is CC1=C(C)C(=O)C(CCC(C)(Cl)CCCC(C)CCCC(C)CCCC(C)(C)O)=C(C)C1=O. The largest absolute Gasteiger partial charge is 0.390 e. The van der Waals surface area contributed by atoms with Crippen molar-refractivity contribution in [3.63, 3.8) is 0 Å². The van der Waals surface area contributed by atoms with Crippen LogP contribution >= 0.6 is 11.6 Å². The molecule has 1 rings (SSSR count). The van der Waals surface area contributed by atoms with E-state index in [2.05, 4.69) is 20.8 Å². The van der Waals surface area contributed by atoms with Crippen LogP contribution < -0.4 is 0 Å². The first-order valence-corrected chi connectivity index (χ1v) is 13.4. The molecule has 0 fully saturated rings. The average molecular weight is 481 g/mol. The maximum atomic E-state index is 12.6. The van der Waals surface area contributed by atoms with Gasteiger partial charge in [0.1, 0.15) is 0 Å². The van der Waals surface area contributed by atoms with E-state index in [1.807, 2.05) is 13.8 Å². The maximum absolute atomic E-state index is 12.6. The van der Waals surface area contributed by atoms with E-state index in [1.165, 1.54) is 32.1 Å². The number of ketones is 2. The van der Waals surface area contributed by atoms with Gasteiger partial charge in [-0.15, -0.1) is 11.6 Å². The van der Waals surface area contributed by atoms with E-state index < -0.39 is 5.60 Å². The highest BCUT2D eigenvalue weighted by Gasteiger charge is 2.30. The van der Waals surface area contributed by atoms with Crippen molar-refractivity contribution < 1.29 is 14.7 Å².